The predicted molar refractivity (Wildman–Crippen MR) is 112 cm³/mol. The molecule has 0 radical (unpaired) electrons. The second-order valence-corrected chi connectivity index (χ2v) is 7.96. The summed E-state index contributed by atoms with van der Waals surface area (Å²) in [5.74, 6) is 6.29. The Kier molecular flexibility index (Phi) is 6.29. The van der Waals surface area contributed by atoms with Crippen molar-refractivity contribution in [2.45, 2.75) is 16.8 Å². The summed E-state index contributed by atoms with van der Waals surface area (Å²) < 4.78 is 20.7. The molecule has 30 heavy (non-hydrogen) atoms. The second-order valence-electron chi connectivity index (χ2n) is 6.88. The van der Waals surface area contributed by atoms with Crippen molar-refractivity contribution in [2.75, 3.05) is 32.1 Å². The smallest absolute Gasteiger partial charge is 0.240 e. The molecule has 0 saturated carbocycles. The molecule has 1 aromatic heterocycles. The van der Waals surface area contributed by atoms with Crippen molar-refractivity contribution in [3.05, 3.63) is 77.4 Å². The molecule has 1 atom stereocenters. The van der Waals surface area contributed by atoms with Crippen molar-refractivity contribution in [3.8, 4) is 0 Å². The minimum absolute atomic E-state index is 0.0202. The number of aromatic nitrogens is 3. The molecule has 2 aromatic carbocycles. The summed E-state index contributed by atoms with van der Waals surface area (Å²) in [5.41, 5.74) is 1.34. The molecule has 2 heterocycles. The van der Waals surface area contributed by atoms with Gasteiger partial charge in [-0.1, -0.05) is 60.3 Å². The minimum atomic E-state index is -0.517. The van der Waals surface area contributed by atoms with Gasteiger partial charge in [0.05, 0.1) is 13.2 Å². The Balaban J connectivity index is 1.58. The molecule has 0 aliphatic carbocycles. The number of benzene rings is 2. The maximum Gasteiger partial charge on any atom is 0.240 e. The van der Waals surface area contributed by atoms with Gasteiger partial charge in [-0.2, -0.15) is 0 Å². The fraction of sp³-hybridized carbons (Fsp3) is 0.286. The van der Waals surface area contributed by atoms with Crippen LogP contribution in [-0.4, -0.2) is 52.0 Å². The Morgan fingerprint density at radius 3 is 2.53 bits per heavy atom. The standard InChI is InChI=1S/C21H22FN5O2S/c22-17-9-5-4-8-16(17)14-18-24-25-21(27(18)23)30-19(15-6-2-1-3-7-15)20(28)26-10-12-29-13-11-26/h1-9,19H,10-14,23H2. The highest BCUT2D eigenvalue weighted by Crippen LogP contribution is 2.36. The third kappa shape index (κ3) is 4.47. The highest BCUT2D eigenvalue weighted by atomic mass is 32.2. The Morgan fingerprint density at radius 1 is 1.10 bits per heavy atom. The van der Waals surface area contributed by atoms with E-state index in [1.54, 1.807) is 23.1 Å². The van der Waals surface area contributed by atoms with Gasteiger partial charge in [0.1, 0.15) is 11.1 Å². The lowest BCUT2D eigenvalue weighted by atomic mass is 10.1. The van der Waals surface area contributed by atoms with Crippen molar-refractivity contribution >= 4 is 17.7 Å². The van der Waals surface area contributed by atoms with Crippen molar-refractivity contribution in [3.63, 3.8) is 0 Å². The highest BCUT2D eigenvalue weighted by molar-refractivity contribution is 8.00. The molecule has 1 unspecified atom stereocenters. The van der Waals surface area contributed by atoms with E-state index in [2.05, 4.69) is 10.2 Å². The first-order valence-corrected chi connectivity index (χ1v) is 10.5. The Labute approximate surface area is 178 Å². The fourth-order valence-corrected chi connectivity index (χ4v) is 4.32. The molecule has 0 bridgehead atoms. The van der Waals surface area contributed by atoms with E-state index in [0.717, 1.165) is 5.56 Å². The SMILES string of the molecule is Nn1c(Cc2ccccc2F)nnc1SC(C(=O)N1CCOCC1)c1ccccc1. The van der Waals surface area contributed by atoms with Gasteiger partial charge in [0.2, 0.25) is 11.1 Å². The highest BCUT2D eigenvalue weighted by Gasteiger charge is 2.30. The first-order chi connectivity index (χ1) is 14.6. The molecule has 2 N–H and O–H groups in total. The summed E-state index contributed by atoms with van der Waals surface area (Å²) in [6.07, 6.45) is 0.212. The molecule has 7 nitrogen and oxygen atoms in total. The Bertz CT molecular complexity index is 1010. The normalized spacial score (nSPS) is 15.2. The summed E-state index contributed by atoms with van der Waals surface area (Å²) in [6.45, 7) is 2.16. The van der Waals surface area contributed by atoms with E-state index < -0.39 is 5.25 Å². The number of morpholine rings is 1. The van der Waals surface area contributed by atoms with Gasteiger partial charge in [-0.3, -0.25) is 4.79 Å². The van der Waals surface area contributed by atoms with Crippen molar-refractivity contribution < 1.29 is 13.9 Å². The molecule has 4 rings (SSSR count). The molecule has 1 aliphatic heterocycles. The van der Waals surface area contributed by atoms with Gasteiger partial charge in [0, 0.05) is 19.5 Å². The van der Waals surface area contributed by atoms with E-state index in [4.69, 9.17) is 10.6 Å². The van der Waals surface area contributed by atoms with Crippen LogP contribution in [0.5, 0.6) is 0 Å². The van der Waals surface area contributed by atoms with Gasteiger partial charge in [-0.15, -0.1) is 10.2 Å². The fourth-order valence-electron chi connectivity index (χ4n) is 3.26. The number of nitrogens with two attached hydrogens (primary N) is 1. The number of carbonyl (C=O) groups is 1. The number of rotatable bonds is 6. The van der Waals surface area contributed by atoms with Crippen LogP contribution in [0.4, 0.5) is 4.39 Å². The molecule has 1 aliphatic rings. The summed E-state index contributed by atoms with van der Waals surface area (Å²) in [5, 5.41) is 8.18. The number of hydrogen-bond acceptors (Lipinski definition) is 6. The van der Waals surface area contributed by atoms with Crippen LogP contribution in [0, 0.1) is 5.82 Å². The number of halogens is 1. The van der Waals surface area contributed by atoms with Crippen molar-refractivity contribution in [1.82, 2.24) is 19.8 Å². The number of nitrogen functional groups attached to an aromatic ring is 1. The summed E-state index contributed by atoms with van der Waals surface area (Å²) in [4.78, 5) is 15.1. The van der Waals surface area contributed by atoms with Gasteiger partial charge in [0.15, 0.2) is 5.82 Å². The first kappa shape index (κ1) is 20.4. The zero-order chi connectivity index (χ0) is 20.9. The lowest BCUT2D eigenvalue weighted by Gasteiger charge is -2.30. The molecule has 1 fully saturated rings. The molecular formula is C21H22FN5O2S. The zero-order valence-electron chi connectivity index (χ0n) is 16.3. The Hall–Kier alpha value is -2.91. The zero-order valence-corrected chi connectivity index (χ0v) is 17.1. The molecule has 3 aromatic rings. The third-order valence-electron chi connectivity index (χ3n) is 4.91. The minimum Gasteiger partial charge on any atom is -0.378 e. The average Bonchev–Trinajstić information content (AvgIpc) is 3.13. The lowest BCUT2D eigenvalue weighted by molar-refractivity contribution is -0.134. The van der Waals surface area contributed by atoms with Crippen LogP contribution in [0.2, 0.25) is 0 Å². The number of carbonyl (C=O) groups excluding carboxylic acids is 1. The number of thioether (sulfide) groups is 1. The second kappa shape index (κ2) is 9.27. The molecule has 0 spiro atoms. The topological polar surface area (TPSA) is 86.3 Å². The molecular weight excluding hydrogens is 405 g/mol. The van der Waals surface area contributed by atoms with Crippen LogP contribution in [-0.2, 0) is 16.0 Å². The summed E-state index contributed by atoms with van der Waals surface area (Å²) in [6, 6.07) is 16.0. The van der Waals surface area contributed by atoms with Crippen LogP contribution < -0.4 is 5.84 Å². The van der Waals surface area contributed by atoms with Crippen LogP contribution in [0.15, 0.2) is 59.8 Å². The lowest BCUT2D eigenvalue weighted by Crippen LogP contribution is -2.42. The molecule has 9 heteroatoms. The third-order valence-corrected chi connectivity index (χ3v) is 6.11. The van der Waals surface area contributed by atoms with Crippen LogP contribution in [0.1, 0.15) is 22.2 Å². The van der Waals surface area contributed by atoms with E-state index in [-0.39, 0.29) is 18.1 Å². The van der Waals surface area contributed by atoms with Gasteiger partial charge in [0.25, 0.3) is 0 Å². The maximum absolute atomic E-state index is 14.0. The monoisotopic (exact) mass is 427 g/mol. The van der Waals surface area contributed by atoms with Crippen LogP contribution >= 0.6 is 11.8 Å². The number of ether oxygens (including phenoxy) is 1. The van der Waals surface area contributed by atoms with Gasteiger partial charge >= 0.3 is 0 Å². The van der Waals surface area contributed by atoms with E-state index in [1.165, 1.54) is 22.5 Å². The number of nitrogens with zero attached hydrogens (tertiary/aromatic N) is 4. The maximum atomic E-state index is 14.0. The number of amides is 1. The van der Waals surface area contributed by atoms with Gasteiger partial charge < -0.3 is 15.5 Å². The predicted octanol–water partition coefficient (Wildman–Crippen LogP) is 2.41. The molecule has 1 amide bonds. The summed E-state index contributed by atoms with van der Waals surface area (Å²) in [7, 11) is 0. The summed E-state index contributed by atoms with van der Waals surface area (Å²) >= 11 is 1.24. The van der Waals surface area contributed by atoms with Crippen LogP contribution in [0.3, 0.4) is 0 Å². The average molecular weight is 428 g/mol. The van der Waals surface area contributed by atoms with Gasteiger partial charge in [-0.05, 0) is 17.2 Å². The van der Waals surface area contributed by atoms with Crippen LogP contribution in [0.25, 0.3) is 0 Å². The van der Waals surface area contributed by atoms with Gasteiger partial charge in [-0.25, -0.2) is 9.07 Å². The van der Waals surface area contributed by atoms with E-state index in [0.29, 0.717) is 42.8 Å². The largest absolute Gasteiger partial charge is 0.378 e. The van der Waals surface area contributed by atoms with E-state index in [9.17, 15) is 9.18 Å². The Morgan fingerprint density at radius 2 is 1.80 bits per heavy atom. The van der Waals surface area contributed by atoms with Crippen molar-refractivity contribution in [1.29, 1.82) is 0 Å². The number of hydrogen-bond donors (Lipinski definition) is 1. The first-order valence-electron chi connectivity index (χ1n) is 9.64. The van der Waals surface area contributed by atoms with E-state index >= 15 is 0 Å². The molecule has 156 valence electrons. The van der Waals surface area contributed by atoms with E-state index in [1.807, 2.05) is 30.3 Å². The molecule has 1 saturated heterocycles. The van der Waals surface area contributed by atoms with Crippen molar-refractivity contribution in [2.24, 2.45) is 0 Å². The quantitative estimate of drug-likeness (QED) is 0.480.